The van der Waals surface area contributed by atoms with Crippen LogP contribution in [0.4, 0.5) is 0 Å². The van der Waals surface area contributed by atoms with E-state index in [0.29, 0.717) is 24.0 Å². The number of sulfone groups is 2. The predicted molar refractivity (Wildman–Crippen MR) is 90.4 cm³/mol. The van der Waals surface area contributed by atoms with Gasteiger partial charge in [-0.05, 0) is 56.8 Å². The molecule has 0 aromatic heterocycles. The molecule has 0 saturated heterocycles. The molecule has 3 atom stereocenters. The Bertz CT molecular complexity index is 561. The molecule has 2 saturated carbocycles. The van der Waals surface area contributed by atoms with E-state index in [4.69, 9.17) is 0 Å². The van der Waals surface area contributed by atoms with Crippen LogP contribution in [0.1, 0.15) is 58.8 Å². The zero-order valence-electron chi connectivity index (χ0n) is 13.8. The van der Waals surface area contributed by atoms with Crippen molar-refractivity contribution in [3.05, 3.63) is 0 Å². The highest BCUT2D eigenvalue weighted by molar-refractivity contribution is 7.92. The number of hydrogen-bond acceptors (Lipinski definition) is 4. The summed E-state index contributed by atoms with van der Waals surface area (Å²) in [6, 6.07) is 0. The lowest BCUT2D eigenvalue weighted by Gasteiger charge is -2.30. The molecule has 0 amide bonds. The van der Waals surface area contributed by atoms with Crippen molar-refractivity contribution in [2.24, 2.45) is 17.8 Å². The molecule has 0 radical (unpaired) electrons. The second kappa shape index (κ2) is 7.20. The van der Waals surface area contributed by atoms with E-state index in [1.807, 2.05) is 6.92 Å². The third kappa shape index (κ3) is 5.52. The Balaban J connectivity index is 1.86. The fraction of sp³-hybridized carbons (Fsp3) is 1.00. The van der Waals surface area contributed by atoms with E-state index in [9.17, 15) is 16.8 Å². The van der Waals surface area contributed by atoms with Crippen LogP contribution in [0.25, 0.3) is 0 Å². The Morgan fingerprint density at radius 3 is 2.14 bits per heavy atom. The standard InChI is InChI=1S/C16H30O4S2/c1-3-21(17,18)11-16-6-4-5-15(10-16)9-13(2)22(19,20)12-14-7-8-14/h13-16H,3-12H2,1-2H3. The van der Waals surface area contributed by atoms with Crippen molar-refractivity contribution in [3.8, 4) is 0 Å². The molecular weight excluding hydrogens is 320 g/mol. The van der Waals surface area contributed by atoms with E-state index >= 15 is 0 Å². The van der Waals surface area contributed by atoms with Crippen molar-refractivity contribution in [1.29, 1.82) is 0 Å². The van der Waals surface area contributed by atoms with E-state index in [1.165, 1.54) is 0 Å². The van der Waals surface area contributed by atoms with Crippen molar-refractivity contribution in [2.75, 3.05) is 17.3 Å². The minimum atomic E-state index is -2.97. The highest BCUT2D eigenvalue weighted by atomic mass is 32.2. The van der Waals surface area contributed by atoms with Crippen molar-refractivity contribution < 1.29 is 16.8 Å². The maximum Gasteiger partial charge on any atom is 0.153 e. The molecule has 2 rings (SSSR count). The Morgan fingerprint density at radius 1 is 0.909 bits per heavy atom. The maximum absolute atomic E-state index is 12.3. The zero-order valence-corrected chi connectivity index (χ0v) is 15.5. The predicted octanol–water partition coefficient (Wildman–Crippen LogP) is 2.83. The van der Waals surface area contributed by atoms with Crippen molar-refractivity contribution in [3.63, 3.8) is 0 Å². The second-order valence-corrected chi connectivity index (χ2v) is 12.3. The van der Waals surface area contributed by atoms with E-state index in [-0.39, 0.29) is 22.7 Å². The lowest BCUT2D eigenvalue weighted by atomic mass is 9.80. The van der Waals surface area contributed by atoms with Crippen molar-refractivity contribution >= 4 is 19.7 Å². The summed E-state index contributed by atoms with van der Waals surface area (Å²) in [5.41, 5.74) is 0. The zero-order chi connectivity index (χ0) is 16.4. The first-order chi connectivity index (χ1) is 10.2. The average Bonchev–Trinajstić information content (AvgIpc) is 3.22. The van der Waals surface area contributed by atoms with Crippen LogP contribution in [0.5, 0.6) is 0 Å². The molecule has 2 aliphatic rings. The van der Waals surface area contributed by atoms with Gasteiger partial charge in [0.25, 0.3) is 0 Å². The van der Waals surface area contributed by atoms with Gasteiger partial charge in [0.2, 0.25) is 0 Å². The summed E-state index contributed by atoms with van der Waals surface area (Å²) in [6.07, 6.45) is 6.76. The van der Waals surface area contributed by atoms with Crippen molar-refractivity contribution in [2.45, 2.75) is 64.0 Å². The molecule has 0 bridgehead atoms. The smallest absolute Gasteiger partial charge is 0.153 e. The first-order valence-corrected chi connectivity index (χ1v) is 12.2. The molecule has 6 heteroatoms. The third-order valence-corrected chi connectivity index (χ3v) is 9.48. The van der Waals surface area contributed by atoms with Gasteiger partial charge in [0, 0.05) is 5.75 Å². The minimum Gasteiger partial charge on any atom is -0.229 e. The summed E-state index contributed by atoms with van der Waals surface area (Å²) in [6.45, 7) is 3.53. The van der Waals surface area contributed by atoms with Gasteiger partial charge in [0.1, 0.15) is 9.84 Å². The fourth-order valence-corrected chi connectivity index (χ4v) is 6.78. The van der Waals surface area contributed by atoms with Gasteiger partial charge in [-0.25, -0.2) is 16.8 Å². The minimum absolute atomic E-state index is 0.209. The van der Waals surface area contributed by atoms with E-state index in [0.717, 1.165) is 38.5 Å². The molecule has 4 nitrogen and oxygen atoms in total. The Hall–Kier alpha value is -0.100. The van der Waals surface area contributed by atoms with E-state index < -0.39 is 19.7 Å². The summed E-state index contributed by atoms with van der Waals surface area (Å²) >= 11 is 0. The molecule has 2 fully saturated rings. The highest BCUT2D eigenvalue weighted by Gasteiger charge is 2.34. The Kier molecular flexibility index (Phi) is 5.97. The van der Waals surface area contributed by atoms with Gasteiger partial charge < -0.3 is 0 Å². The van der Waals surface area contributed by atoms with Gasteiger partial charge in [-0.3, -0.25) is 0 Å². The first-order valence-electron chi connectivity index (χ1n) is 8.64. The Morgan fingerprint density at radius 2 is 1.55 bits per heavy atom. The molecule has 0 spiro atoms. The highest BCUT2D eigenvalue weighted by Crippen LogP contribution is 2.36. The van der Waals surface area contributed by atoms with Gasteiger partial charge in [-0.15, -0.1) is 0 Å². The monoisotopic (exact) mass is 350 g/mol. The number of hydrogen-bond donors (Lipinski definition) is 0. The molecular formula is C16H30O4S2. The molecule has 2 aliphatic carbocycles. The van der Waals surface area contributed by atoms with Crippen LogP contribution in [-0.4, -0.2) is 39.3 Å². The number of rotatable bonds is 8. The molecule has 3 unspecified atom stereocenters. The third-order valence-electron chi connectivity index (χ3n) is 5.26. The largest absolute Gasteiger partial charge is 0.229 e. The van der Waals surface area contributed by atoms with Gasteiger partial charge in [-0.2, -0.15) is 0 Å². The summed E-state index contributed by atoms with van der Waals surface area (Å²) in [4.78, 5) is 0. The van der Waals surface area contributed by atoms with Crippen LogP contribution < -0.4 is 0 Å². The maximum atomic E-state index is 12.3. The molecule has 22 heavy (non-hydrogen) atoms. The summed E-state index contributed by atoms with van der Waals surface area (Å²) in [5.74, 6) is 1.84. The molecule has 0 aromatic rings. The molecule has 0 aromatic carbocycles. The van der Waals surface area contributed by atoms with E-state index in [1.54, 1.807) is 6.92 Å². The van der Waals surface area contributed by atoms with Crippen LogP contribution in [0.15, 0.2) is 0 Å². The normalized spacial score (nSPS) is 28.5. The van der Waals surface area contributed by atoms with Crippen LogP contribution in [0, 0.1) is 17.8 Å². The quantitative estimate of drug-likeness (QED) is 0.675. The average molecular weight is 351 g/mol. The summed E-state index contributed by atoms with van der Waals surface area (Å²) < 4.78 is 48.2. The van der Waals surface area contributed by atoms with Crippen LogP contribution in [0.2, 0.25) is 0 Å². The molecule has 0 N–H and O–H groups in total. The second-order valence-electron chi connectivity index (χ2n) is 7.42. The van der Waals surface area contributed by atoms with Crippen LogP contribution in [0.3, 0.4) is 0 Å². The fourth-order valence-electron chi connectivity index (χ4n) is 3.64. The van der Waals surface area contributed by atoms with Gasteiger partial charge >= 0.3 is 0 Å². The van der Waals surface area contributed by atoms with Gasteiger partial charge in [0.05, 0.1) is 16.8 Å². The SMILES string of the molecule is CCS(=O)(=O)CC1CCCC(CC(C)S(=O)(=O)CC2CC2)C1. The summed E-state index contributed by atoms with van der Waals surface area (Å²) in [7, 11) is -5.90. The molecule has 130 valence electrons. The first kappa shape index (κ1) is 18.2. The molecule has 0 aliphatic heterocycles. The van der Waals surface area contributed by atoms with E-state index in [2.05, 4.69) is 0 Å². The lowest BCUT2D eigenvalue weighted by Crippen LogP contribution is -2.29. The van der Waals surface area contributed by atoms with Crippen molar-refractivity contribution in [1.82, 2.24) is 0 Å². The van der Waals surface area contributed by atoms with Crippen LogP contribution >= 0.6 is 0 Å². The molecule has 0 heterocycles. The summed E-state index contributed by atoms with van der Waals surface area (Å²) in [5, 5.41) is -0.278. The van der Waals surface area contributed by atoms with Crippen LogP contribution in [-0.2, 0) is 19.7 Å². The topological polar surface area (TPSA) is 68.3 Å². The van der Waals surface area contributed by atoms with Gasteiger partial charge in [0.15, 0.2) is 9.84 Å². The lowest BCUT2D eigenvalue weighted by molar-refractivity contribution is 0.270. The Labute approximate surface area is 135 Å². The van der Waals surface area contributed by atoms with Gasteiger partial charge in [-0.1, -0.05) is 19.8 Å².